The predicted molar refractivity (Wildman–Crippen MR) is 122 cm³/mol. The van der Waals surface area contributed by atoms with Gasteiger partial charge in [0.15, 0.2) is 5.96 Å². The first kappa shape index (κ1) is 23.4. The standard InChI is InChI=1S/C23H28FN5O3/c1-2-11-25-23(26-16-18-3-9-21(10-4-18)29(30)31)27-17-22(28-12-14-32-15-13-28)19-5-7-20(24)8-6-19/h2-10,22H,1,11-17H2,(H2,25,26,27). The lowest BCUT2D eigenvalue weighted by Crippen LogP contribution is -2.46. The number of hydrogen-bond acceptors (Lipinski definition) is 5. The molecular weight excluding hydrogens is 413 g/mol. The van der Waals surface area contributed by atoms with Crippen molar-refractivity contribution in [3.63, 3.8) is 0 Å². The maximum Gasteiger partial charge on any atom is 0.269 e. The van der Waals surface area contributed by atoms with Gasteiger partial charge in [0.1, 0.15) is 5.82 Å². The SMILES string of the molecule is C=CCNC(=NCc1ccc([N+](=O)[O-])cc1)NCC(c1ccc(F)cc1)N1CCOCC1. The first-order valence-electron chi connectivity index (χ1n) is 10.5. The van der Waals surface area contributed by atoms with Crippen LogP contribution < -0.4 is 10.6 Å². The van der Waals surface area contributed by atoms with Crippen molar-refractivity contribution in [3.8, 4) is 0 Å². The van der Waals surface area contributed by atoms with Crippen LogP contribution in [0.25, 0.3) is 0 Å². The van der Waals surface area contributed by atoms with Gasteiger partial charge >= 0.3 is 0 Å². The van der Waals surface area contributed by atoms with E-state index >= 15 is 0 Å². The Balaban J connectivity index is 1.71. The van der Waals surface area contributed by atoms with Gasteiger partial charge in [-0.3, -0.25) is 15.0 Å². The predicted octanol–water partition coefficient (Wildman–Crippen LogP) is 3.03. The lowest BCUT2D eigenvalue weighted by molar-refractivity contribution is -0.384. The lowest BCUT2D eigenvalue weighted by Gasteiger charge is -2.35. The van der Waals surface area contributed by atoms with Crippen molar-refractivity contribution in [1.29, 1.82) is 0 Å². The van der Waals surface area contributed by atoms with E-state index in [0.717, 1.165) is 24.2 Å². The van der Waals surface area contributed by atoms with E-state index in [4.69, 9.17) is 4.74 Å². The van der Waals surface area contributed by atoms with E-state index in [1.807, 2.05) is 12.1 Å². The van der Waals surface area contributed by atoms with Gasteiger partial charge in [0.05, 0.1) is 30.7 Å². The molecule has 2 aromatic carbocycles. The zero-order valence-corrected chi connectivity index (χ0v) is 17.9. The minimum absolute atomic E-state index is 0.0228. The molecule has 0 saturated carbocycles. The zero-order chi connectivity index (χ0) is 22.8. The largest absolute Gasteiger partial charge is 0.379 e. The van der Waals surface area contributed by atoms with Crippen LogP contribution in [0.15, 0.2) is 66.2 Å². The minimum Gasteiger partial charge on any atom is -0.379 e. The molecule has 0 bridgehead atoms. The summed E-state index contributed by atoms with van der Waals surface area (Å²) in [7, 11) is 0. The maximum absolute atomic E-state index is 13.5. The summed E-state index contributed by atoms with van der Waals surface area (Å²) in [6.07, 6.45) is 1.74. The number of aliphatic imine (C=N–C) groups is 1. The average molecular weight is 442 g/mol. The van der Waals surface area contributed by atoms with Crippen molar-refractivity contribution in [2.75, 3.05) is 39.4 Å². The van der Waals surface area contributed by atoms with E-state index in [0.29, 0.717) is 38.8 Å². The van der Waals surface area contributed by atoms with Gasteiger partial charge in [-0.1, -0.05) is 30.3 Å². The number of benzene rings is 2. The van der Waals surface area contributed by atoms with Gasteiger partial charge in [-0.2, -0.15) is 0 Å². The fraction of sp³-hybridized carbons (Fsp3) is 0.348. The molecule has 1 aliphatic heterocycles. The van der Waals surface area contributed by atoms with Crippen LogP contribution in [0, 0.1) is 15.9 Å². The zero-order valence-electron chi connectivity index (χ0n) is 17.9. The number of morpholine rings is 1. The Morgan fingerprint density at radius 1 is 1.19 bits per heavy atom. The minimum atomic E-state index is -0.424. The second-order valence-electron chi connectivity index (χ2n) is 7.35. The summed E-state index contributed by atoms with van der Waals surface area (Å²) in [5.74, 6) is 0.337. The monoisotopic (exact) mass is 441 g/mol. The van der Waals surface area contributed by atoms with Gasteiger partial charge in [0.25, 0.3) is 5.69 Å². The fourth-order valence-electron chi connectivity index (χ4n) is 3.46. The molecule has 0 radical (unpaired) electrons. The van der Waals surface area contributed by atoms with Gasteiger partial charge in [0, 0.05) is 38.3 Å². The molecule has 32 heavy (non-hydrogen) atoms. The Kier molecular flexibility index (Phi) is 8.70. The molecule has 8 nitrogen and oxygen atoms in total. The molecule has 1 heterocycles. The molecule has 2 N–H and O–H groups in total. The Morgan fingerprint density at radius 2 is 1.88 bits per heavy atom. The van der Waals surface area contributed by atoms with Crippen molar-refractivity contribution < 1.29 is 14.1 Å². The normalized spacial score (nSPS) is 15.7. The van der Waals surface area contributed by atoms with Gasteiger partial charge in [0.2, 0.25) is 0 Å². The maximum atomic E-state index is 13.5. The second kappa shape index (κ2) is 11.9. The number of rotatable bonds is 9. The van der Waals surface area contributed by atoms with Crippen molar-refractivity contribution in [2.24, 2.45) is 4.99 Å². The van der Waals surface area contributed by atoms with Crippen molar-refractivity contribution >= 4 is 11.6 Å². The van der Waals surface area contributed by atoms with Crippen LogP contribution >= 0.6 is 0 Å². The number of guanidine groups is 1. The van der Waals surface area contributed by atoms with Crippen molar-refractivity contribution in [1.82, 2.24) is 15.5 Å². The number of non-ortho nitro benzene ring substituents is 1. The molecule has 9 heteroatoms. The smallest absolute Gasteiger partial charge is 0.269 e. The fourth-order valence-corrected chi connectivity index (χ4v) is 3.46. The number of hydrogen-bond donors (Lipinski definition) is 2. The molecule has 1 fully saturated rings. The van der Waals surface area contributed by atoms with E-state index in [2.05, 4.69) is 27.1 Å². The number of nitro benzene ring substituents is 1. The molecule has 1 saturated heterocycles. The third kappa shape index (κ3) is 6.86. The second-order valence-corrected chi connectivity index (χ2v) is 7.35. The van der Waals surface area contributed by atoms with E-state index in [1.54, 1.807) is 18.2 Å². The van der Waals surface area contributed by atoms with Crippen LogP contribution in [0.4, 0.5) is 10.1 Å². The van der Waals surface area contributed by atoms with Crippen LogP contribution in [0.5, 0.6) is 0 Å². The summed E-state index contributed by atoms with van der Waals surface area (Å²) in [5, 5.41) is 17.4. The molecule has 1 atom stereocenters. The van der Waals surface area contributed by atoms with Crippen LogP contribution in [-0.2, 0) is 11.3 Å². The number of ether oxygens (including phenoxy) is 1. The molecule has 0 amide bonds. The van der Waals surface area contributed by atoms with E-state index in [1.165, 1.54) is 24.3 Å². The first-order chi connectivity index (χ1) is 15.6. The average Bonchev–Trinajstić information content (AvgIpc) is 2.82. The third-order valence-corrected chi connectivity index (χ3v) is 5.18. The Hall–Kier alpha value is -3.30. The number of nitro groups is 1. The van der Waals surface area contributed by atoms with Gasteiger partial charge in [-0.25, -0.2) is 9.38 Å². The summed E-state index contributed by atoms with van der Waals surface area (Å²) in [6.45, 7) is 8.10. The molecule has 0 aliphatic carbocycles. The lowest BCUT2D eigenvalue weighted by atomic mass is 10.0. The summed E-state index contributed by atoms with van der Waals surface area (Å²) >= 11 is 0. The highest BCUT2D eigenvalue weighted by molar-refractivity contribution is 5.80. The topological polar surface area (TPSA) is 92.0 Å². The van der Waals surface area contributed by atoms with Gasteiger partial charge in [-0.05, 0) is 23.3 Å². The number of nitrogens with zero attached hydrogens (tertiary/aromatic N) is 3. The van der Waals surface area contributed by atoms with Gasteiger partial charge in [-0.15, -0.1) is 6.58 Å². The highest BCUT2D eigenvalue weighted by Gasteiger charge is 2.23. The Labute approximate surface area is 186 Å². The summed E-state index contributed by atoms with van der Waals surface area (Å²) in [4.78, 5) is 17.3. The molecule has 0 aromatic heterocycles. The third-order valence-electron chi connectivity index (χ3n) is 5.18. The summed E-state index contributed by atoms with van der Waals surface area (Å²) in [5.41, 5.74) is 1.92. The molecular formula is C23H28FN5O3. The Bertz CT molecular complexity index is 912. The van der Waals surface area contributed by atoms with Crippen molar-refractivity contribution in [3.05, 3.63) is 88.2 Å². The van der Waals surface area contributed by atoms with Crippen LogP contribution in [0.3, 0.4) is 0 Å². The van der Waals surface area contributed by atoms with Crippen LogP contribution in [0.1, 0.15) is 17.2 Å². The van der Waals surface area contributed by atoms with E-state index in [9.17, 15) is 14.5 Å². The highest BCUT2D eigenvalue weighted by atomic mass is 19.1. The molecule has 1 unspecified atom stereocenters. The van der Waals surface area contributed by atoms with Gasteiger partial charge < -0.3 is 15.4 Å². The summed E-state index contributed by atoms with van der Waals surface area (Å²) < 4.78 is 18.9. The van der Waals surface area contributed by atoms with E-state index in [-0.39, 0.29) is 17.5 Å². The summed E-state index contributed by atoms with van der Waals surface area (Å²) in [6, 6.07) is 12.9. The number of halogens is 1. The Morgan fingerprint density at radius 3 is 2.50 bits per heavy atom. The molecule has 3 rings (SSSR count). The molecule has 0 spiro atoms. The van der Waals surface area contributed by atoms with Crippen molar-refractivity contribution in [2.45, 2.75) is 12.6 Å². The molecule has 1 aliphatic rings. The first-order valence-corrected chi connectivity index (χ1v) is 10.5. The highest BCUT2D eigenvalue weighted by Crippen LogP contribution is 2.21. The number of nitrogens with one attached hydrogen (secondary N) is 2. The van der Waals surface area contributed by atoms with Crippen LogP contribution in [-0.4, -0.2) is 55.2 Å². The molecule has 170 valence electrons. The van der Waals surface area contributed by atoms with Crippen LogP contribution in [0.2, 0.25) is 0 Å². The molecule has 2 aromatic rings. The quantitative estimate of drug-likeness (QED) is 0.204. The van der Waals surface area contributed by atoms with E-state index < -0.39 is 4.92 Å².